The fourth-order valence-corrected chi connectivity index (χ4v) is 5.26. The Morgan fingerprint density at radius 1 is 0.500 bits per heavy atom. The van der Waals surface area contributed by atoms with Crippen molar-refractivity contribution in [3.05, 3.63) is 0 Å². The standard InChI is InChI=1S/C34H68O2/c1-5-7-9-11-21-25-29-33(28-24-10-8-6-2)31-36-34(35)30-26-22-19-17-15-13-12-14-16-18-20-23-27-32(3)4/h32-33H,5-31H2,1-4H3. The van der Waals surface area contributed by atoms with Crippen LogP contribution in [-0.4, -0.2) is 12.6 Å². The van der Waals surface area contributed by atoms with Gasteiger partial charge in [-0.2, -0.15) is 0 Å². The third-order valence-corrected chi connectivity index (χ3v) is 7.82. The molecule has 0 saturated heterocycles. The van der Waals surface area contributed by atoms with Crippen LogP contribution < -0.4 is 0 Å². The summed E-state index contributed by atoms with van der Waals surface area (Å²) in [6, 6.07) is 0. The minimum Gasteiger partial charge on any atom is -0.465 e. The Morgan fingerprint density at radius 2 is 0.861 bits per heavy atom. The summed E-state index contributed by atoms with van der Waals surface area (Å²) < 4.78 is 5.74. The molecule has 0 aromatic carbocycles. The molecule has 0 fully saturated rings. The highest BCUT2D eigenvalue weighted by atomic mass is 16.5. The maximum Gasteiger partial charge on any atom is 0.305 e. The predicted molar refractivity (Wildman–Crippen MR) is 161 cm³/mol. The molecular formula is C34H68O2. The Morgan fingerprint density at radius 3 is 1.31 bits per heavy atom. The van der Waals surface area contributed by atoms with Crippen molar-refractivity contribution in [1.82, 2.24) is 0 Å². The fourth-order valence-electron chi connectivity index (χ4n) is 5.26. The number of hydrogen-bond donors (Lipinski definition) is 0. The van der Waals surface area contributed by atoms with E-state index in [1.165, 1.54) is 154 Å². The smallest absolute Gasteiger partial charge is 0.305 e. The molecule has 0 amide bonds. The van der Waals surface area contributed by atoms with E-state index in [9.17, 15) is 4.79 Å². The van der Waals surface area contributed by atoms with Gasteiger partial charge in [0.25, 0.3) is 0 Å². The molecule has 1 unspecified atom stereocenters. The highest BCUT2D eigenvalue weighted by Crippen LogP contribution is 2.20. The van der Waals surface area contributed by atoms with E-state index in [1.807, 2.05) is 0 Å². The van der Waals surface area contributed by atoms with E-state index in [0.29, 0.717) is 18.9 Å². The zero-order chi connectivity index (χ0) is 26.5. The van der Waals surface area contributed by atoms with Gasteiger partial charge in [-0.25, -0.2) is 0 Å². The highest BCUT2D eigenvalue weighted by molar-refractivity contribution is 5.69. The van der Waals surface area contributed by atoms with E-state index in [4.69, 9.17) is 4.74 Å². The van der Waals surface area contributed by atoms with E-state index in [-0.39, 0.29) is 5.97 Å². The molecule has 0 aliphatic rings. The van der Waals surface area contributed by atoms with Crippen molar-refractivity contribution in [2.45, 2.75) is 195 Å². The molecule has 2 heteroatoms. The maximum absolute atomic E-state index is 12.3. The predicted octanol–water partition coefficient (Wildman–Crippen LogP) is 12.0. The minimum absolute atomic E-state index is 0.0462. The number of carbonyl (C=O) groups excluding carboxylic acids is 1. The largest absolute Gasteiger partial charge is 0.465 e. The Kier molecular flexibility index (Phi) is 28.6. The summed E-state index contributed by atoms with van der Waals surface area (Å²) in [6.07, 6.45) is 33.9. The summed E-state index contributed by atoms with van der Waals surface area (Å²) in [5.41, 5.74) is 0. The van der Waals surface area contributed by atoms with Gasteiger partial charge in [-0.05, 0) is 31.1 Å². The van der Waals surface area contributed by atoms with Gasteiger partial charge in [-0.1, -0.05) is 169 Å². The molecule has 0 aliphatic heterocycles. The van der Waals surface area contributed by atoms with E-state index in [2.05, 4.69) is 27.7 Å². The third kappa shape index (κ3) is 28.0. The molecule has 36 heavy (non-hydrogen) atoms. The second-order valence-corrected chi connectivity index (χ2v) is 12.1. The molecule has 1 atom stereocenters. The molecule has 0 aliphatic carbocycles. The Labute approximate surface area is 228 Å². The van der Waals surface area contributed by atoms with Crippen LogP contribution in [0.25, 0.3) is 0 Å². The van der Waals surface area contributed by atoms with Gasteiger partial charge in [0.2, 0.25) is 0 Å². The molecule has 0 N–H and O–H groups in total. The van der Waals surface area contributed by atoms with Gasteiger partial charge in [0.15, 0.2) is 0 Å². The summed E-state index contributed by atoms with van der Waals surface area (Å²) in [5.74, 6) is 1.50. The quantitative estimate of drug-likeness (QED) is 0.0741. The van der Waals surface area contributed by atoms with Crippen LogP contribution in [-0.2, 0) is 9.53 Å². The lowest BCUT2D eigenvalue weighted by molar-refractivity contribution is -0.145. The number of esters is 1. The van der Waals surface area contributed by atoms with Crippen LogP contribution >= 0.6 is 0 Å². The monoisotopic (exact) mass is 509 g/mol. The van der Waals surface area contributed by atoms with Gasteiger partial charge in [-0.15, -0.1) is 0 Å². The van der Waals surface area contributed by atoms with Crippen molar-refractivity contribution < 1.29 is 9.53 Å². The average Bonchev–Trinajstić information content (AvgIpc) is 2.86. The van der Waals surface area contributed by atoms with E-state index >= 15 is 0 Å². The molecule has 0 heterocycles. The third-order valence-electron chi connectivity index (χ3n) is 7.82. The second kappa shape index (κ2) is 29.0. The van der Waals surface area contributed by atoms with E-state index in [0.717, 1.165) is 12.3 Å². The average molecular weight is 509 g/mol. The van der Waals surface area contributed by atoms with Crippen molar-refractivity contribution in [2.75, 3.05) is 6.61 Å². The first-order chi connectivity index (χ1) is 17.6. The number of ether oxygens (including phenoxy) is 1. The molecule has 0 bridgehead atoms. The summed E-state index contributed by atoms with van der Waals surface area (Å²) in [4.78, 5) is 12.3. The summed E-state index contributed by atoms with van der Waals surface area (Å²) in [5, 5.41) is 0. The lowest BCUT2D eigenvalue weighted by Gasteiger charge is -2.17. The molecular weight excluding hydrogens is 440 g/mol. The Hall–Kier alpha value is -0.530. The first kappa shape index (κ1) is 35.5. The zero-order valence-electron chi connectivity index (χ0n) is 25.6. The topological polar surface area (TPSA) is 26.3 Å². The van der Waals surface area contributed by atoms with Crippen LogP contribution in [0.1, 0.15) is 195 Å². The highest BCUT2D eigenvalue weighted by Gasteiger charge is 2.12. The SMILES string of the molecule is CCCCCCCCC(CCCCCC)COC(=O)CCCCCCCCCCCCCCC(C)C. The van der Waals surface area contributed by atoms with Crippen molar-refractivity contribution in [2.24, 2.45) is 11.8 Å². The van der Waals surface area contributed by atoms with Crippen molar-refractivity contribution in [3.8, 4) is 0 Å². The van der Waals surface area contributed by atoms with Gasteiger partial charge < -0.3 is 4.74 Å². The van der Waals surface area contributed by atoms with Crippen LogP contribution in [0.3, 0.4) is 0 Å². The summed E-state index contributed by atoms with van der Waals surface area (Å²) in [6.45, 7) is 9.87. The molecule has 0 radical (unpaired) electrons. The molecule has 0 aromatic heterocycles. The lowest BCUT2D eigenvalue weighted by atomic mass is 9.95. The molecule has 0 aromatic rings. The number of unbranched alkanes of at least 4 members (excludes halogenated alkanes) is 19. The van der Waals surface area contributed by atoms with Gasteiger partial charge in [0.05, 0.1) is 6.61 Å². The molecule has 0 spiro atoms. The molecule has 0 rings (SSSR count). The second-order valence-electron chi connectivity index (χ2n) is 12.1. The maximum atomic E-state index is 12.3. The Balaban J connectivity index is 3.67. The normalized spacial score (nSPS) is 12.4. The number of carbonyl (C=O) groups is 1. The first-order valence-corrected chi connectivity index (χ1v) is 16.8. The van der Waals surface area contributed by atoms with Crippen LogP contribution in [0.4, 0.5) is 0 Å². The van der Waals surface area contributed by atoms with Gasteiger partial charge in [-0.3, -0.25) is 4.79 Å². The molecule has 2 nitrogen and oxygen atoms in total. The van der Waals surface area contributed by atoms with Gasteiger partial charge in [0, 0.05) is 6.42 Å². The number of hydrogen-bond acceptors (Lipinski definition) is 2. The lowest BCUT2D eigenvalue weighted by Crippen LogP contribution is -2.14. The van der Waals surface area contributed by atoms with Crippen molar-refractivity contribution in [3.63, 3.8) is 0 Å². The number of rotatable bonds is 29. The Bertz CT molecular complexity index is 431. The summed E-state index contributed by atoms with van der Waals surface area (Å²) >= 11 is 0. The fraction of sp³-hybridized carbons (Fsp3) is 0.971. The van der Waals surface area contributed by atoms with Gasteiger partial charge >= 0.3 is 5.97 Å². The minimum atomic E-state index is 0.0462. The molecule has 0 saturated carbocycles. The summed E-state index contributed by atoms with van der Waals surface area (Å²) in [7, 11) is 0. The van der Waals surface area contributed by atoms with Gasteiger partial charge in [0.1, 0.15) is 0 Å². The molecule has 216 valence electrons. The van der Waals surface area contributed by atoms with Crippen LogP contribution in [0.2, 0.25) is 0 Å². The van der Waals surface area contributed by atoms with E-state index < -0.39 is 0 Å². The van der Waals surface area contributed by atoms with Crippen LogP contribution in [0.5, 0.6) is 0 Å². The van der Waals surface area contributed by atoms with Crippen LogP contribution in [0.15, 0.2) is 0 Å². The van der Waals surface area contributed by atoms with Crippen molar-refractivity contribution >= 4 is 5.97 Å². The van der Waals surface area contributed by atoms with Crippen LogP contribution in [0, 0.1) is 11.8 Å². The van der Waals surface area contributed by atoms with E-state index in [1.54, 1.807) is 0 Å². The zero-order valence-corrected chi connectivity index (χ0v) is 25.6. The van der Waals surface area contributed by atoms with Crippen molar-refractivity contribution in [1.29, 1.82) is 0 Å². The first-order valence-electron chi connectivity index (χ1n) is 16.8.